The minimum Gasteiger partial charge on any atom is -0.497 e. The van der Waals surface area contributed by atoms with Crippen LogP contribution in [0.5, 0.6) is 23.0 Å². The lowest BCUT2D eigenvalue weighted by atomic mass is 9.70. The molecule has 8 heteroatoms. The number of methoxy groups -OCH3 is 3. The Morgan fingerprint density at radius 2 is 1.64 bits per heavy atom. The molecule has 0 saturated carbocycles. The van der Waals surface area contributed by atoms with Crippen molar-refractivity contribution >= 4 is 5.95 Å². The third-order valence-corrected chi connectivity index (χ3v) is 7.21. The second kappa shape index (κ2) is 7.86. The molecular weight excluding hydrogens is 458 g/mol. The Morgan fingerprint density at radius 3 is 2.31 bits per heavy atom. The molecule has 3 aromatic carbocycles. The summed E-state index contributed by atoms with van der Waals surface area (Å²) in [4.78, 5) is 8.88. The van der Waals surface area contributed by atoms with E-state index in [1.165, 1.54) is 0 Å². The first-order valence-electron chi connectivity index (χ1n) is 11.5. The van der Waals surface area contributed by atoms with Gasteiger partial charge in [0.25, 0.3) is 0 Å². The number of hydrogen-bond donors (Lipinski definition) is 2. The molecule has 0 amide bonds. The number of benzene rings is 3. The topological polar surface area (TPSA) is 109 Å². The Balaban J connectivity index is 1.75. The summed E-state index contributed by atoms with van der Waals surface area (Å²) >= 11 is 0. The quantitative estimate of drug-likeness (QED) is 0.442. The average molecular weight is 484 g/mol. The molecule has 1 aromatic heterocycles. The highest BCUT2D eigenvalue weighted by atomic mass is 16.5. The van der Waals surface area contributed by atoms with Gasteiger partial charge in [0.05, 0.1) is 38.5 Å². The van der Waals surface area contributed by atoms with Crippen molar-refractivity contribution in [2.24, 2.45) is 0 Å². The molecule has 3 atom stereocenters. The standard InChI is InChI=1S/C28H25N3O5/c1-33-18-11-9-17(10-12-18)28-23(16-7-5-4-6-8-16)20-15-30-26(29)31-25(20)27(28,32)24-21(35-3)13-19(34-2)14-22(24)36-28/h4-15,23,32H,1-3H3,(H2,29,30,31)/t23-,27+,28+/m1/s1. The molecule has 4 aromatic rings. The number of nitrogens with two attached hydrogens (primary N) is 1. The van der Waals surface area contributed by atoms with Gasteiger partial charge in [-0.05, 0) is 17.7 Å². The molecule has 8 nitrogen and oxygen atoms in total. The van der Waals surface area contributed by atoms with Gasteiger partial charge in [-0.1, -0.05) is 42.5 Å². The van der Waals surface area contributed by atoms with E-state index >= 15 is 0 Å². The monoisotopic (exact) mass is 483 g/mol. The number of rotatable bonds is 5. The Morgan fingerprint density at radius 1 is 0.917 bits per heavy atom. The number of ether oxygens (including phenoxy) is 4. The SMILES string of the molecule is COc1ccc([C@@]23Oc4cc(OC)cc(OC)c4[C@]2(O)c2nc(N)ncc2[C@H]3c2ccccc2)cc1. The Labute approximate surface area is 208 Å². The zero-order valence-electron chi connectivity index (χ0n) is 20.1. The van der Waals surface area contributed by atoms with Crippen LogP contribution in [0.15, 0.2) is 72.9 Å². The van der Waals surface area contributed by atoms with Crippen molar-refractivity contribution in [3.8, 4) is 23.0 Å². The molecule has 3 N–H and O–H groups in total. The van der Waals surface area contributed by atoms with Gasteiger partial charge in [-0.2, -0.15) is 0 Å². The van der Waals surface area contributed by atoms with Crippen LogP contribution in [-0.4, -0.2) is 36.4 Å². The van der Waals surface area contributed by atoms with Gasteiger partial charge in [-0.3, -0.25) is 0 Å². The zero-order chi connectivity index (χ0) is 25.1. The van der Waals surface area contributed by atoms with Crippen LogP contribution in [0.1, 0.15) is 33.9 Å². The lowest BCUT2D eigenvalue weighted by molar-refractivity contribution is -0.0909. The maximum absolute atomic E-state index is 13.0. The minimum absolute atomic E-state index is 0.0560. The van der Waals surface area contributed by atoms with Gasteiger partial charge in [-0.25, -0.2) is 9.97 Å². The predicted molar refractivity (Wildman–Crippen MR) is 133 cm³/mol. The summed E-state index contributed by atoms with van der Waals surface area (Å²) in [5.41, 5.74) is 6.17. The molecule has 36 heavy (non-hydrogen) atoms. The van der Waals surface area contributed by atoms with E-state index in [1.54, 1.807) is 39.7 Å². The molecule has 6 rings (SSSR count). The number of nitrogens with zero attached hydrogens (tertiary/aromatic N) is 2. The molecule has 182 valence electrons. The van der Waals surface area contributed by atoms with Gasteiger partial charge >= 0.3 is 0 Å². The smallest absolute Gasteiger partial charge is 0.220 e. The summed E-state index contributed by atoms with van der Waals surface area (Å²) in [5.74, 6) is 1.66. The normalized spacial score (nSPS) is 23.3. The highest BCUT2D eigenvalue weighted by Gasteiger charge is 2.73. The van der Waals surface area contributed by atoms with Gasteiger partial charge in [0.15, 0.2) is 11.2 Å². The van der Waals surface area contributed by atoms with Crippen LogP contribution >= 0.6 is 0 Å². The molecule has 1 aliphatic heterocycles. The fourth-order valence-corrected chi connectivity index (χ4v) is 5.73. The highest BCUT2D eigenvalue weighted by molar-refractivity contribution is 5.68. The van der Waals surface area contributed by atoms with Crippen LogP contribution in [0.2, 0.25) is 0 Å². The number of hydrogen-bond acceptors (Lipinski definition) is 8. The van der Waals surface area contributed by atoms with Crippen LogP contribution in [-0.2, 0) is 11.2 Å². The van der Waals surface area contributed by atoms with E-state index in [4.69, 9.17) is 24.7 Å². The summed E-state index contributed by atoms with van der Waals surface area (Å²) in [6.45, 7) is 0. The van der Waals surface area contributed by atoms with Gasteiger partial charge < -0.3 is 29.8 Å². The summed E-state index contributed by atoms with van der Waals surface area (Å²) in [6, 6.07) is 20.8. The van der Waals surface area contributed by atoms with E-state index in [1.807, 2.05) is 54.6 Å². The van der Waals surface area contributed by atoms with Crippen molar-refractivity contribution in [2.75, 3.05) is 27.1 Å². The van der Waals surface area contributed by atoms with Gasteiger partial charge in [0, 0.05) is 29.5 Å². The second-order valence-electron chi connectivity index (χ2n) is 8.86. The van der Waals surface area contributed by atoms with Gasteiger partial charge in [0.1, 0.15) is 23.0 Å². The van der Waals surface area contributed by atoms with Crippen molar-refractivity contribution in [1.29, 1.82) is 0 Å². The molecular formula is C28H25N3O5. The summed E-state index contributed by atoms with van der Waals surface area (Å²) in [7, 11) is 4.73. The number of anilines is 1. The Kier molecular flexibility index (Phi) is 4.84. The third-order valence-electron chi connectivity index (χ3n) is 7.21. The number of fused-ring (bicyclic) bond motifs is 5. The van der Waals surface area contributed by atoms with Crippen LogP contribution in [0.3, 0.4) is 0 Å². The fourth-order valence-electron chi connectivity index (χ4n) is 5.73. The van der Waals surface area contributed by atoms with Crippen molar-refractivity contribution in [1.82, 2.24) is 9.97 Å². The zero-order valence-corrected chi connectivity index (χ0v) is 20.1. The first-order valence-corrected chi connectivity index (χ1v) is 11.5. The van der Waals surface area contributed by atoms with Crippen LogP contribution in [0.25, 0.3) is 0 Å². The predicted octanol–water partition coefficient (Wildman–Crippen LogP) is 3.75. The van der Waals surface area contributed by atoms with E-state index in [0.717, 1.165) is 16.7 Å². The molecule has 0 fully saturated rings. The van der Waals surface area contributed by atoms with E-state index in [2.05, 4.69) is 9.97 Å². The number of aromatic nitrogens is 2. The van der Waals surface area contributed by atoms with E-state index in [-0.39, 0.29) is 5.95 Å². The highest BCUT2D eigenvalue weighted by Crippen LogP contribution is 2.69. The molecule has 0 spiro atoms. The third kappa shape index (κ3) is 2.73. The Hall–Kier alpha value is -4.30. The lowest BCUT2D eigenvalue weighted by Gasteiger charge is -2.40. The largest absolute Gasteiger partial charge is 0.497 e. The van der Waals surface area contributed by atoms with E-state index in [9.17, 15) is 5.11 Å². The second-order valence-corrected chi connectivity index (χ2v) is 8.86. The van der Waals surface area contributed by atoms with E-state index < -0.39 is 17.1 Å². The average Bonchev–Trinajstić information content (AvgIpc) is 3.30. The van der Waals surface area contributed by atoms with E-state index in [0.29, 0.717) is 34.3 Å². The van der Waals surface area contributed by atoms with Crippen LogP contribution in [0, 0.1) is 0 Å². The summed E-state index contributed by atoms with van der Waals surface area (Å²) < 4.78 is 23.6. The molecule has 0 radical (unpaired) electrons. The van der Waals surface area contributed by atoms with Crippen molar-refractivity contribution in [2.45, 2.75) is 17.1 Å². The maximum atomic E-state index is 13.0. The van der Waals surface area contributed by atoms with Gasteiger partial charge in [-0.15, -0.1) is 0 Å². The van der Waals surface area contributed by atoms with Crippen molar-refractivity contribution in [3.63, 3.8) is 0 Å². The lowest BCUT2D eigenvalue weighted by Crippen LogP contribution is -2.49. The Bertz CT molecular complexity index is 1460. The molecule has 1 aliphatic carbocycles. The van der Waals surface area contributed by atoms with Crippen molar-refractivity contribution in [3.05, 3.63) is 101 Å². The number of nitrogen functional groups attached to an aromatic ring is 1. The molecule has 2 heterocycles. The molecule has 0 saturated heterocycles. The van der Waals surface area contributed by atoms with Crippen molar-refractivity contribution < 1.29 is 24.1 Å². The summed E-state index contributed by atoms with van der Waals surface area (Å²) in [5, 5.41) is 13.0. The van der Waals surface area contributed by atoms with Crippen LogP contribution in [0.4, 0.5) is 5.95 Å². The first-order chi connectivity index (χ1) is 17.5. The summed E-state index contributed by atoms with van der Waals surface area (Å²) in [6.07, 6.45) is 1.68. The minimum atomic E-state index is -1.76. The molecule has 0 unspecified atom stereocenters. The maximum Gasteiger partial charge on any atom is 0.220 e. The molecule has 2 aliphatic rings. The fraction of sp³-hybridized carbons (Fsp3) is 0.214. The molecule has 0 bridgehead atoms. The van der Waals surface area contributed by atoms with Crippen LogP contribution < -0.4 is 24.7 Å². The first kappa shape index (κ1) is 22.2. The van der Waals surface area contributed by atoms with Gasteiger partial charge in [0.2, 0.25) is 5.95 Å². The number of aliphatic hydroxyl groups is 1.